The number of non-ortho nitro benzene ring substituents is 1. The highest BCUT2D eigenvalue weighted by Gasteiger charge is 2.17. The standard InChI is InChI=1S/C14H8Cl2N4O3/c15-10-3-1-7(5-11(10)16)17-14(21)13-9-6-8(20(22)23)2-4-12(9)18-19-13/h1-6H,(H,17,21)(H,18,19). The number of nitro groups is 1. The van der Waals surface area contributed by atoms with Gasteiger partial charge in [0.25, 0.3) is 11.6 Å². The molecule has 0 unspecified atom stereocenters. The summed E-state index contributed by atoms with van der Waals surface area (Å²) in [6, 6.07) is 8.76. The van der Waals surface area contributed by atoms with Crippen LogP contribution >= 0.6 is 23.2 Å². The van der Waals surface area contributed by atoms with Crippen LogP contribution in [0.5, 0.6) is 0 Å². The van der Waals surface area contributed by atoms with Gasteiger partial charge in [0.1, 0.15) is 0 Å². The van der Waals surface area contributed by atoms with Crippen LogP contribution in [0.3, 0.4) is 0 Å². The Labute approximate surface area is 139 Å². The number of fused-ring (bicyclic) bond motifs is 1. The van der Waals surface area contributed by atoms with Crippen molar-refractivity contribution in [1.82, 2.24) is 10.2 Å². The number of nitrogens with zero attached hydrogens (tertiary/aromatic N) is 2. The highest BCUT2D eigenvalue weighted by Crippen LogP contribution is 2.26. The van der Waals surface area contributed by atoms with Gasteiger partial charge in [0.2, 0.25) is 0 Å². The van der Waals surface area contributed by atoms with Crippen LogP contribution in [0.1, 0.15) is 10.5 Å². The van der Waals surface area contributed by atoms with E-state index < -0.39 is 10.8 Å². The lowest BCUT2D eigenvalue weighted by atomic mass is 10.2. The maximum absolute atomic E-state index is 12.3. The predicted octanol–water partition coefficient (Wildman–Crippen LogP) is 4.03. The summed E-state index contributed by atoms with van der Waals surface area (Å²) in [5.74, 6) is -0.518. The highest BCUT2D eigenvalue weighted by molar-refractivity contribution is 6.42. The van der Waals surface area contributed by atoms with Gasteiger partial charge in [-0.3, -0.25) is 20.0 Å². The molecule has 0 aliphatic heterocycles. The van der Waals surface area contributed by atoms with Crippen molar-refractivity contribution in [1.29, 1.82) is 0 Å². The molecule has 1 amide bonds. The molecule has 9 heteroatoms. The van der Waals surface area contributed by atoms with E-state index in [1.165, 1.54) is 24.3 Å². The number of aromatic amines is 1. The topological polar surface area (TPSA) is 101 Å². The SMILES string of the molecule is O=C(Nc1ccc(Cl)c(Cl)c1)c1n[nH]c2ccc([N+](=O)[O-])cc12. The predicted molar refractivity (Wildman–Crippen MR) is 87.2 cm³/mol. The first-order chi connectivity index (χ1) is 11.0. The largest absolute Gasteiger partial charge is 0.321 e. The number of hydrogen-bond donors (Lipinski definition) is 2. The average Bonchev–Trinajstić information content (AvgIpc) is 2.94. The molecule has 0 spiro atoms. The number of H-pyrrole nitrogens is 1. The Hall–Kier alpha value is -2.64. The van der Waals surface area contributed by atoms with Crippen molar-refractivity contribution in [2.75, 3.05) is 5.32 Å². The molecule has 116 valence electrons. The Bertz CT molecular complexity index is 939. The van der Waals surface area contributed by atoms with E-state index in [4.69, 9.17) is 23.2 Å². The van der Waals surface area contributed by atoms with E-state index in [1.54, 1.807) is 12.1 Å². The van der Waals surface area contributed by atoms with Gasteiger partial charge < -0.3 is 5.32 Å². The zero-order valence-corrected chi connectivity index (χ0v) is 12.9. The minimum atomic E-state index is -0.535. The number of carbonyl (C=O) groups excluding carboxylic acids is 1. The van der Waals surface area contributed by atoms with Gasteiger partial charge in [0.05, 0.1) is 20.5 Å². The van der Waals surface area contributed by atoms with Crippen LogP contribution in [0, 0.1) is 10.1 Å². The molecule has 0 aliphatic carbocycles. The van der Waals surface area contributed by atoms with E-state index in [0.29, 0.717) is 26.6 Å². The third kappa shape index (κ3) is 2.96. The van der Waals surface area contributed by atoms with Gasteiger partial charge in [0.15, 0.2) is 5.69 Å². The zero-order valence-electron chi connectivity index (χ0n) is 11.3. The molecule has 0 atom stereocenters. The Balaban J connectivity index is 1.95. The summed E-state index contributed by atoms with van der Waals surface area (Å²) in [5, 5.41) is 21.1. The molecule has 0 saturated carbocycles. The average molecular weight is 351 g/mol. The van der Waals surface area contributed by atoms with Crippen LogP contribution in [0.4, 0.5) is 11.4 Å². The number of benzene rings is 2. The molecular formula is C14H8Cl2N4O3. The van der Waals surface area contributed by atoms with Gasteiger partial charge >= 0.3 is 0 Å². The molecular weight excluding hydrogens is 343 g/mol. The lowest BCUT2D eigenvalue weighted by Crippen LogP contribution is -2.12. The number of nitrogens with one attached hydrogen (secondary N) is 2. The van der Waals surface area contributed by atoms with Crippen LogP contribution in [0.2, 0.25) is 10.0 Å². The number of halogens is 2. The van der Waals surface area contributed by atoms with Crippen LogP contribution in [-0.4, -0.2) is 21.0 Å². The Kier molecular flexibility index (Phi) is 3.89. The van der Waals surface area contributed by atoms with Crippen molar-refractivity contribution in [2.24, 2.45) is 0 Å². The Morgan fingerprint density at radius 2 is 1.96 bits per heavy atom. The lowest BCUT2D eigenvalue weighted by molar-refractivity contribution is -0.384. The molecule has 1 heterocycles. The first-order valence-electron chi connectivity index (χ1n) is 6.34. The van der Waals surface area contributed by atoms with Gasteiger partial charge in [-0.05, 0) is 24.3 Å². The van der Waals surface area contributed by atoms with Crippen LogP contribution in [-0.2, 0) is 0 Å². The zero-order chi connectivity index (χ0) is 16.6. The normalized spacial score (nSPS) is 10.7. The molecule has 7 nitrogen and oxygen atoms in total. The van der Waals surface area contributed by atoms with E-state index in [0.717, 1.165) is 0 Å². The fourth-order valence-corrected chi connectivity index (χ4v) is 2.35. The van der Waals surface area contributed by atoms with Crippen molar-refractivity contribution in [3.8, 4) is 0 Å². The molecule has 0 saturated heterocycles. The minimum Gasteiger partial charge on any atom is -0.321 e. The number of anilines is 1. The Morgan fingerprint density at radius 3 is 2.65 bits per heavy atom. The summed E-state index contributed by atoms with van der Waals surface area (Å²) in [6.45, 7) is 0. The molecule has 0 bridgehead atoms. The van der Waals surface area contributed by atoms with E-state index in [1.807, 2.05) is 0 Å². The van der Waals surface area contributed by atoms with Gasteiger partial charge in [0, 0.05) is 23.2 Å². The summed E-state index contributed by atoms with van der Waals surface area (Å²) in [5.41, 5.74) is 0.887. The second-order valence-corrected chi connectivity index (χ2v) is 5.46. The fourth-order valence-electron chi connectivity index (χ4n) is 2.05. The molecule has 1 aromatic heterocycles. The van der Waals surface area contributed by atoms with E-state index in [-0.39, 0.29) is 11.4 Å². The van der Waals surface area contributed by atoms with Gasteiger partial charge in [-0.1, -0.05) is 23.2 Å². The maximum atomic E-state index is 12.3. The van der Waals surface area contributed by atoms with Crippen LogP contribution in [0.25, 0.3) is 10.9 Å². The summed E-state index contributed by atoms with van der Waals surface area (Å²) < 4.78 is 0. The fraction of sp³-hybridized carbons (Fsp3) is 0. The number of aromatic nitrogens is 2. The van der Waals surface area contributed by atoms with Crippen molar-refractivity contribution in [2.45, 2.75) is 0 Å². The molecule has 3 rings (SSSR count). The third-order valence-electron chi connectivity index (χ3n) is 3.15. The number of amides is 1. The summed E-state index contributed by atoms with van der Waals surface area (Å²) in [4.78, 5) is 22.6. The molecule has 2 N–H and O–H groups in total. The van der Waals surface area contributed by atoms with Crippen molar-refractivity contribution >= 4 is 51.4 Å². The quantitative estimate of drug-likeness (QED) is 0.549. The second-order valence-electron chi connectivity index (χ2n) is 4.64. The number of hydrogen-bond acceptors (Lipinski definition) is 4. The van der Waals surface area contributed by atoms with Crippen molar-refractivity contribution in [3.63, 3.8) is 0 Å². The lowest BCUT2D eigenvalue weighted by Gasteiger charge is -2.05. The van der Waals surface area contributed by atoms with Gasteiger partial charge in [-0.2, -0.15) is 5.10 Å². The smallest absolute Gasteiger partial charge is 0.276 e. The summed E-state index contributed by atoms with van der Waals surface area (Å²) >= 11 is 11.7. The maximum Gasteiger partial charge on any atom is 0.276 e. The molecule has 0 radical (unpaired) electrons. The Morgan fingerprint density at radius 1 is 1.17 bits per heavy atom. The first-order valence-corrected chi connectivity index (χ1v) is 7.10. The van der Waals surface area contributed by atoms with Gasteiger partial charge in [-0.15, -0.1) is 0 Å². The van der Waals surface area contributed by atoms with Crippen LogP contribution in [0.15, 0.2) is 36.4 Å². The van der Waals surface area contributed by atoms with E-state index >= 15 is 0 Å². The molecule has 0 fully saturated rings. The van der Waals surface area contributed by atoms with Crippen LogP contribution < -0.4 is 5.32 Å². The third-order valence-corrected chi connectivity index (χ3v) is 3.89. The molecule has 3 aromatic rings. The first kappa shape index (κ1) is 15.3. The number of rotatable bonds is 3. The molecule has 2 aromatic carbocycles. The highest BCUT2D eigenvalue weighted by atomic mass is 35.5. The summed E-state index contributed by atoms with van der Waals surface area (Å²) in [6.07, 6.45) is 0. The second kappa shape index (κ2) is 5.86. The van der Waals surface area contributed by atoms with Crippen molar-refractivity contribution in [3.05, 3.63) is 62.3 Å². The summed E-state index contributed by atoms with van der Waals surface area (Å²) in [7, 11) is 0. The molecule has 0 aliphatic rings. The van der Waals surface area contributed by atoms with Gasteiger partial charge in [-0.25, -0.2) is 0 Å². The number of nitro benzene ring substituents is 1. The monoisotopic (exact) mass is 350 g/mol. The van der Waals surface area contributed by atoms with Crippen molar-refractivity contribution < 1.29 is 9.72 Å². The molecule has 23 heavy (non-hydrogen) atoms. The minimum absolute atomic E-state index is 0.0507. The van der Waals surface area contributed by atoms with E-state index in [9.17, 15) is 14.9 Å². The van der Waals surface area contributed by atoms with E-state index in [2.05, 4.69) is 15.5 Å². The number of carbonyl (C=O) groups is 1.